The molecule has 2 aliphatic rings. The summed E-state index contributed by atoms with van der Waals surface area (Å²) < 4.78 is 5.60. The third-order valence-electron chi connectivity index (χ3n) is 5.29. The van der Waals surface area contributed by atoms with Crippen molar-refractivity contribution >= 4 is 11.6 Å². The van der Waals surface area contributed by atoms with Gasteiger partial charge in [0, 0.05) is 6.42 Å². The number of aryl methyl sites for hydroxylation is 2. The lowest BCUT2D eigenvalue weighted by atomic mass is 9.77. The molecule has 2 bridgehead atoms. The van der Waals surface area contributed by atoms with Crippen LogP contribution in [0.4, 0.5) is 0 Å². The molecule has 3 nitrogen and oxygen atoms in total. The Hall–Kier alpha value is -2.68. The Morgan fingerprint density at radius 1 is 1.00 bits per heavy atom. The van der Waals surface area contributed by atoms with Crippen LogP contribution in [-0.2, 0) is 14.3 Å². The monoisotopic (exact) mass is 332 g/mol. The van der Waals surface area contributed by atoms with Crippen molar-refractivity contribution in [1.82, 2.24) is 0 Å². The molecule has 1 unspecified atom stereocenters. The second-order valence-electron chi connectivity index (χ2n) is 7.16. The Balaban J connectivity index is 1.83. The molecule has 0 N–H and O–H groups in total. The average molecular weight is 332 g/mol. The van der Waals surface area contributed by atoms with Gasteiger partial charge in [0.05, 0.1) is 0 Å². The molecule has 0 radical (unpaired) electrons. The molecule has 0 saturated carbocycles. The van der Waals surface area contributed by atoms with Crippen molar-refractivity contribution in [3.05, 3.63) is 71.0 Å². The quantitative estimate of drug-likeness (QED) is 0.772. The van der Waals surface area contributed by atoms with Crippen molar-refractivity contribution in [1.29, 1.82) is 0 Å². The Bertz CT molecular complexity index is 901. The third-order valence-corrected chi connectivity index (χ3v) is 5.29. The van der Waals surface area contributed by atoms with Gasteiger partial charge < -0.3 is 4.74 Å². The lowest BCUT2D eigenvalue weighted by molar-refractivity contribution is -0.149. The summed E-state index contributed by atoms with van der Waals surface area (Å²) in [6.07, 6.45) is 2.23. The molecule has 2 aromatic rings. The van der Waals surface area contributed by atoms with Gasteiger partial charge in [-0.3, -0.25) is 9.59 Å². The van der Waals surface area contributed by atoms with E-state index in [-0.39, 0.29) is 11.6 Å². The number of Topliss-reactive ketones (excluding diaryl/α,β-unsaturated/α-hetero) is 2. The van der Waals surface area contributed by atoms with Gasteiger partial charge in [0.1, 0.15) is 5.92 Å². The molecule has 1 saturated heterocycles. The van der Waals surface area contributed by atoms with Gasteiger partial charge in [-0.15, -0.1) is 0 Å². The number of rotatable bonds is 2. The predicted molar refractivity (Wildman–Crippen MR) is 96.3 cm³/mol. The van der Waals surface area contributed by atoms with Gasteiger partial charge in [-0.25, -0.2) is 0 Å². The zero-order valence-electron chi connectivity index (χ0n) is 14.6. The van der Waals surface area contributed by atoms with Gasteiger partial charge in [-0.05, 0) is 54.7 Å². The van der Waals surface area contributed by atoms with Crippen molar-refractivity contribution in [2.45, 2.75) is 38.7 Å². The van der Waals surface area contributed by atoms with Crippen LogP contribution in [-0.4, -0.2) is 17.2 Å². The highest BCUT2D eigenvalue weighted by Crippen LogP contribution is 2.44. The molecule has 0 aromatic heterocycles. The van der Waals surface area contributed by atoms with Crippen LogP contribution in [0.3, 0.4) is 0 Å². The van der Waals surface area contributed by atoms with Crippen LogP contribution in [0.2, 0.25) is 0 Å². The van der Waals surface area contributed by atoms with Gasteiger partial charge in [0.25, 0.3) is 0 Å². The van der Waals surface area contributed by atoms with Gasteiger partial charge >= 0.3 is 0 Å². The molecule has 0 amide bonds. The van der Waals surface area contributed by atoms with Gasteiger partial charge in [-0.2, -0.15) is 0 Å². The fourth-order valence-corrected chi connectivity index (χ4v) is 3.97. The molecule has 0 aliphatic carbocycles. The number of hydrogen-bond donors (Lipinski definition) is 0. The number of carbonyl (C=O) groups is 2. The van der Waals surface area contributed by atoms with Crippen molar-refractivity contribution in [3.8, 4) is 11.1 Å². The van der Waals surface area contributed by atoms with E-state index in [4.69, 9.17) is 4.74 Å². The molecule has 4 rings (SSSR count). The van der Waals surface area contributed by atoms with Crippen LogP contribution in [0.1, 0.15) is 36.0 Å². The molecular formula is C22H20O3. The van der Waals surface area contributed by atoms with Crippen LogP contribution >= 0.6 is 0 Å². The maximum atomic E-state index is 13.0. The van der Waals surface area contributed by atoms with E-state index in [1.165, 1.54) is 0 Å². The fraction of sp³-hybridized carbons (Fsp3) is 0.273. The van der Waals surface area contributed by atoms with Gasteiger partial charge in [0.2, 0.25) is 5.78 Å². The Kier molecular flexibility index (Phi) is 3.43. The number of carbonyl (C=O) groups excluding carboxylic acids is 2. The first kappa shape index (κ1) is 15.8. The van der Waals surface area contributed by atoms with Crippen LogP contribution in [0.15, 0.2) is 54.3 Å². The molecule has 1 fully saturated rings. The predicted octanol–water partition coefficient (Wildman–Crippen LogP) is 4.27. The van der Waals surface area contributed by atoms with E-state index in [2.05, 4.69) is 24.3 Å². The lowest BCUT2D eigenvalue weighted by Gasteiger charge is -2.33. The highest BCUT2D eigenvalue weighted by Gasteiger charge is 2.53. The zero-order chi connectivity index (χ0) is 17.8. The second-order valence-corrected chi connectivity index (χ2v) is 7.16. The Morgan fingerprint density at radius 3 is 2.28 bits per heavy atom. The van der Waals surface area contributed by atoms with E-state index in [1.54, 1.807) is 13.0 Å². The summed E-state index contributed by atoms with van der Waals surface area (Å²) in [5.41, 5.74) is 4.09. The number of fused-ring (bicyclic) bond motifs is 2. The molecule has 3 heteroatoms. The second kappa shape index (κ2) is 5.41. The molecule has 2 heterocycles. The maximum absolute atomic E-state index is 13.0. The summed E-state index contributed by atoms with van der Waals surface area (Å²) >= 11 is 0. The summed E-state index contributed by atoms with van der Waals surface area (Å²) in [6, 6.07) is 14.2. The van der Waals surface area contributed by atoms with E-state index in [1.807, 2.05) is 32.0 Å². The smallest absolute Gasteiger partial charge is 0.212 e. The van der Waals surface area contributed by atoms with E-state index in [9.17, 15) is 9.59 Å². The average Bonchev–Trinajstić information content (AvgIpc) is 2.97. The number of allylic oxidation sites excluding steroid dienone is 1. The van der Waals surface area contributed by atoms with Crippen LogP contribution in [0.5, 0.6) is 0 Å². The van der Waals surface area contributed by atoms with E-state index in [0.29, 0.717) is 12.2 Å². The summed E-state index contributed by atoms with van der Waals surface area (Å²) in [5, 5.41) is 0. The first-order chi connectivity index (χ1) is 11.9. The first-order valence-electron chi connectivity index (χ1n) is 8.55. The lowest BCUT2D eigenvalue weighted by Crippen LogP contribution is -2.46. The molecule has 2 aromatic carbocycles. The molecular weight excluding hydrogens is 312 g/mol. The maximum Gasteiger partial charge on any atom is 0.212 e. The van der Waals surface area contributed by atoms with E-state index < -0.39 is 11.5 Å². The number of benzene rings is 2. The van der Waals surface area contributed by atoms with Crippen molar-refractivity contribution in [3.63, 3.8) is 0 Å². The van der Waals surface area contributed by atoms with Crippen molar-refractivity contribution in [2.24, 2.45) is 0 Å². The SMILES string of the molecule is Cc1cc(-c2ccccc2)cc(C)c1C1C(=O)C2=CC[C@@](C)(O2)C1=O. The first-order valence-corrected chi connectivity index (χ1v) is 8.55. The highest BCUT2D eigenvalue weighted by atomic mass is 16.5. The van der Waals surface area contributed by atoms with E-state index >= 15 is 0 Å². The third kappa shape index (κ3) is 2.34. The Labute approximate surface area is 147 Å². The van der Waals surface area contributed by atoms with Crippen molar-refractivity contribution in [2.75, 3.05) is 0 Å². The van der Waals surface area contributed by atoms with Crippen LogP contribution in [0, 0.1) is 13.8 Å². The van der Waals surface area contributed by atoms with Gasteiger partial charge in [0.15, 0.2) is 17.1 Å². The zero-order valence-corrected chi connectivity index (χ0v) is 14.6. The van der Waals surface area contributed by atoms with Crippen molar-refractivity contribution < 1.29 is 14.3 Å². The van der Waals surface area contributed by atoms with Crippen LogP contribution in [0.25, 0.3) is 11.1 Å². The van der Waals surface area contributed by atoms with Crippen LogP contribution < -0.4 is 0 Å². The normalized spacial score (nSPS) is 24.9. The summed E-state index contributed by atoms with van der Waals surface area (Å²) in [4.78, 5) is 25.8. The molecule has 2 atom stereocenters. The minimum absolute atomic E-state index is 0.131. The molecule has 2 aliphatic heterocycles. The van der Waals surface area contributed by atoms with Gasteiger partial charge in [-0.1, -0.05) is 42.5 Å². The topological polar surface area (TPSA) is 43.4 Å². The molecule has 126 valence electrons. The standard InChI is InChI=1S/C22H20O3/c1-13-11-16(15-7-5-4-6-8-15)12-14(2)18(13)19-20(23)17-9-10-22(3,25-17)21(19)24/h4-9,11-12,19H,10H2,1-3H3/t19?,22-/m1/s1. The number of ketones is 2. The minimum Gasteiger partial charge on any atom is -0.476 e. The number of ether oxygens (including phenoxy) is 1. The summed E-state index contributed by atoms with van der Waals surface area (Å²) in [7, 11) is 0. The largest absolute Gasteiger partial charge is 0.476 e. The molecule has 0 spiro atoms. The Morgan fingerprint density at radius 2 is 1.64 bits per heavy atom. The highest BCUT2D eigenvalue weighted by molar-refractivity contribution is 6.19. The minimum atomic E-state index is -0.898. The summed E-state index contributed by atoms with van der Waals surface area (Å²) in [5.74, 6) is -0.748. The van der Waals surface area contributed by atoms with E-state index in [0.717, 1.165) is 27.8 Å². The summed E-state index contributed by atoms with van der Waals surface area (Å²) in [6.45, 7) is 5.73. The molecule has 25 heavy (non-hydrogen) atoms. The fourth-order valence-electron chi connectivity index (χ4n) is 3.97. The number of hydrogen-bond acceptors (Lipinski definition) is 3.